The Balaban J connectivity index is 1.61. The number of aromatic amines is 1. The van der Waals surface area contributed by atoms with E-state index in [2.05, 4.69) is 30.7 Å². The van der Waals surface area contributed by atoms with E-state index in [1.165, 1.54) is 10.9 Å². The first-order valence-corrected chi connectivity index (χ1v) is 12.8. The van der Waals surface area contributed by atoms with Gasteiger partial charge < -0.3 is 10.6 Å². The molecule has 3 aromatic heterocycles. The number of sulfone groups is 1. The van der Waals surface area contributed by atoms with Crippen LogP contribution < -0.4 is 16.2 Å². The summed E-state index contributed by atoms with van der Waals surface area (Å²) < 4.78 is 26.5. The molecule has 0 aliphatic heterocycles. The first kappa shape index (κ1) is 22.1. The lowest BCUT2D eigenvalue weighted by atomic mass is 10.1. The third kappa shape index (κ3) is 4.14. The Hall–Kier alpha value is -3.73. The van der Waals surface area contributed by atoms with Gasteiger partial charge in [0.1, 0.15) is 17.0 Å². The van der Waals surface area contributed by atoms with Gasteiger partial charge in [0.2, 0.25) is 0 Å². The molecule has 1 aliphatic carbocycles. The molecule has 11 heteroatoms. The molecule has 3 N–H and O–H groups in total. The highest BCUT2D eigenvalue weighted by molar-refractivity contribution is 7.90. The van der Waals surface area contributed by atoms with Gasteiger partial charge >= 0.3 is 0 Å². The number of hydrogen-bond acceptors (Lipinski definition) is 8. The summed E-state index contributed by atoms with van der Waals surface area (Å²) in [5.74, 6) is 1.34. The largest absolute Gasteiger partial charge is 0.354 e. The van der Waals surface area contributed by atoms with Gasteiger partial charge in [-0.3, -0.25) is 19.6 Å². The minimum Gasteiger partial charge on any atom is -0.354 e. The van der Waals surface area contributed by atoms with Crippen LogP contribution in [-0.4, -0.2) is 39.4 Å². The van der Waals surface area contributed by atoms with Crippen molar-refractivity contribution >= 4 is 43.9 Å². The fourth-order valence-corrected chi connectivity index (χ4v) is 4.75. The number of pyridine rings is 1. The highest BCUT2D eigenvalue weighted by atomic mass is 32.2. The van der Waals surface area contributed by atoms with E-state index in [4.69, 9.17) is 0 Å². The molecule has 0 bridgehead atoms. The molecule has 3 heterocycles. The average molecular weight is 480 g/mol. The molecule has 0 atom stereocenters. The summed E-state index contributed by atoms with van der Waals surface area (Å²) in [4.78, 5) is 26.3. The second-order valence-corrected chi connectivity index (χ2v) is 10.7. The Labute approximate surface area is 196 Å². The van der Waals surface area contributed by atoms with E-state index in [0.29, 0.717) is 40.0 Å². The van der Waals surface area contributed by atoms with Crippen molar-refractivity contribution in [2.24, 2.45) is 7.05 Å². The van der Waals surface area contributed by atoms with Gasteiger partial charge in [0.15, 0.2) is 15.5 Å². The van der Waals surface area contributed by atoms with Crippen molar-refractivity contribution in [3.63, 3.8) is 0 Å². The molecule has 0 radical (unpaired) electrons. The van der Waals surface area contributed by atoms with Crippen LogP contribution in [0.15, 0.2) is 40.2 Å². The van der Waals surface area contributed by atoms with Crippen LogP contribution in [0.4, 0.5) is 23.0 Å². The second kappa shape index (κ2) is 7.94. The quantitative estimate of drug-likeness (QED) is 0.383. The number of rotatable bonds is 6. The van der Waals surface area contributed by atoms with E-state index in [9.17, 15) is 13.2 Å². The molecular weight excluding hydrogens is 454 g/mol. The maximum Gasteiger partial charge on any atom is 0.277 e. The molecule has 4 aromatic rings. The first-order chi connectivity index (χ1) is 16.1. The highest BCUT2D eigenvalue weighted by Gasteiger charge is 2.26. The highest BCUT2D eigenvalue weighted by Crippen LogP contribution is 2.42. The van der Waals surface area contributed by atoms with Gasteiger partial charge in [-0.05, 0) is 50.3 Å². The van der Waals surface area contributed by atoms with Crippen molar-refractivity contribution in [3.05, 3.63) is 57.8 Å². The summed E-state index contributed by atoms with van der Waals surface area (Å²) in [5.41, 5.74) is 3.52. The number of aromatic nitrogens is 5. The molecule has 34 heavy (non-hydrogen) atoms. The zero-order valence-electron chi connectivity index (χ0n) is 19.3. The summed E-state index contributed by atoms with van der Waals surface area (Å²) in [7, 11) is -1.91. The summed E-state index contributed by atoms with van der Waals surface area (Å²) in [6.07, 6.45) is 4.92. The molecule has 1 fully saturated rings. The lowest BCUT2D eigenvalue weighted by Gasteiger charge is -2.14. The topological polar surface area (TPSA) is 135 Å². The maximum atomic E-state index is 12.8. The number of anilines is 4. The van der Waals surface area contributed by atoms with Crippen molar-refractivity contribution < 1.29 is 8.42 Å². The molecule has 0 spiro atoms. The first-order valence-electron chi connectivity index (χ1n) is 10.9. The van der Waals surface area contributed by atoms with E-state index in [-0.39, 0.29) is 10.5 Å². The normalized spacial score (nSPS) is 13.9. The molecular formula is C23H25N7O3S. The molecule has 0 amide bonds. The zero-order valence-corrected chi connectivity index (χ0v) is 20.1. The number of fused-ring (bicyclic) bond motifs is 1. The standard InChI is InChI=1S/C23H25N7O3S/c1-12-13(2)25-20(11-24-12)27-19-10-17(21-22(28-19)29-30(3)23(21)31)26-16-8-7-15(14-5-6-14)9-18(16)34(4,32)33/h7-11,14H,5-6H2,1-4H3,(H3,25,26,27,28,29). The lowest BCUT2D eigenvalue weighted by Crippen LogP contribution is -2.12. The predicted octanol–water partition coefficient (Wildman–Crippen LogP) is 3.44. The number of H-pyrrole nitrogens is 1. The third-order valence-corrected chi connectivity index (χ3v) is 7.12. The number of nitrogens with one attached hydrogen (secondary N) is 3. The fourth-order valence-electron chi connectivity index (χ4n) is 3.88. The molecule has 1 aromatic carbocycles. The Morgan fingerprint density at radius 3 is 2.47 bits per heavy atom. The molecule has 1 saturated carbocycles. The van der Waals surface area contributed by atoms with E-state index in [1.807, 2.05) is 19.9 Å². The second-order valence-electron chi connectivity index (χ2n) is 8.73. The molecule has 0 unspecified atom stereocenters. The molecule has 176 valence electrons. The summed E-state index contributed by atoms with van der Waals surface area (Å²) in [5, 5.41) is 9.56. The zero-order chi connectivity index (χ0) is 24.2. The minimum atomic E-state index is -3.51. The van der Waals surface area contributed by atoms with Crippen LogP contribution in [0.25, 0.3) is 11.0 Å². The molecule has 5 rings (SSSR count). The van der Waals surface area contributed by atoms with Crippen LogP contribution in [0, 0.1) is 13.8 Å². The Kier molecular flexibility index (Phi) is 5.16. The Morgan fingerprint density at radius 1 is 1.03 bits per heavy atom. The summed E-state index contributed by atoms with van der Waals surface area (Å²) in [6, 6.07) is 7.09. The van der Waals surface area contributed by atoms with E-state index in [0.717, 1.165) is 29.8 Å². The Morgan fingerprint density at radius 2 is 1.79 bits per heavy atom. The van der Waals surface area contributed by atoms with E-state index in [1.54, 1.807) is 31.4 Å². The van der Waals surface area contributed by atoms with Crippen LogP contribution in [0.1, 0.15) is 35.7 Å². The minimum absolute atomic E-state index is 0.198. The van der Waals surface area contributed by atoms with Crippen LogP contribution in [0.2, 0.25) is 0 Å². The van der Waals surface area contributed by atoms with Gasteiger partial charge in [0.25, 0.3) is 5.56 Å². The number of hydrogen-bond donors (Lipinski definition) is 3. The van der Waals surface area contributed by atoms with Crippen molar-refractivity contribution in [1.29, 1.82) is 0 Å². The van der Waals surface area contributed by atoms with Crippen molar-refractivity contribution in [2.45, 2.75) is 37.5 Å². The average Bonchev–Trinajstić information content (AvgIpc) is 3.57. The molecule has 0 saturated heterocycles. The summed E-state index contributed by atoms with van der Waals surface area (Å²) in [6.45, 7) is 3.74. The number of nitrogens with zero attached hydrogens (tertiary/aromatic N) is 4. The number of benzene rings is 1. The van der Waals surface area contributed by atoms with Gasteiger partial charge in [-0.2, -0.15) is 0 Å². The molecule has 1 aliphatic rings. The van der Waals surface area contributed by atoms with Crippen LogP contribution in [0.5, 0.6) is 0 Å². The van der Waals surface area contributed by atoms with E-state index >= 15 is 0 Å². The summed E-state index contributed by atoms with van der Waals surface area (Å²) >= 11 is 0. The van der Waals surface area contributed by atoms with E-state index < -0.39 is 9.84 Å². The molecule has 10 nitrogen and oxygen atoms in total. The lowest BCUT2D eigenvalue weighted by molar-refractivity contribution is 0.602. The van der Waals surface area contributed by atoms with Crippen LogP contribution >= 0.6 is 0 Å². The maximum absolute atomic E-state index is 12.8. The monoisotopic (exact) mass is 479 g/mol. The smallest absolute Gasteiger partial charge is 0.277 e. The Bertz CT molecular complexity index is 1600. The van der Waals surface area contributed by atoms with Gasteiger partial charge in [0, 0.05) is 19.4 Å². The van der Waals surface area contributed by atoms with Crippen molar-refractivity contribution in [2.75, 3.05) is 16.9 Å². The van der Waals surface area contributed by atoms with Crippen molar-refractivity contribution in [1.82, 2.24) is 24.7 Å². The van der Waals surface area contributed by atoms with Gasteiger partial charge in [-0.25, -0.2) is 18.4 Å². The third-order valence-electron chi connectivity index (χ3n) is 5.98. The van der Waals surface area contributed by atoms with Gasteiger partial charge in [0.05, 0.1) is 33.9 Å². The van der Waals surface area contributed by atoms with Crippen LogP contribution in [0.3, 0.4) is 0 Å². The number of aryl methyl sites for hydroxylation is 3. The van der Waals surface area contributed by atoms with Gasteiger partial charge in [-0.15, -0.1) is 0 Å². The van der Waals surface area contributed by atoms with Crippen LogP contribution in [-0.2, 0) is 16.9 Å². The van der Waals surface area contributed by atoms with Crippen molar-refractivity contribution in [3.8, 4) is 0 Å². The SMILES string of the molecule is Cc1ncc(Nc2cc(Nc3ccc(C4CC4)cc3S(C)(=O)=O)c3c(=O)n(C)[nH]c3n2)nc1C. The fraction of sp³-hybridized carbons (Fsp3) is 0.304. The predicted molar refractivity (Wildman–Crippen MR) is 131 cm³/mol. The van der Waals surface area contributed by atoms with Gasteiger partial charge in [-0.1, -0.05) is 6.07 Å².